The summed E-state index contributed by atoms with van der Waals surface area (Å²) in [6.07, 6.45) is 1.79. The lowest BCUT2D eigenvalue weighted by atomic mass is 9.95. The number of hydrogen-bond acceptors (Lipinski definition) is 10. The van der Waals surface area contributed by atoms with Crippen LogP contribution in [0.5, 0.6) is 5.75 Å². The maximum absolute atomic E-state index is 9.33. The molecule has 0 fully saturated rings. The molecule has 1 aromatic carbocycles. The number of rotatable bonds is 4. The normalized spacial score (nSPS) is 14.8. The Balaban J connectivity index is 2.15. The maximum atomic E-state index is 9.33. The number of nitrogens with zero attached hydrogens (tertiary/aromatic N) is 4. The van der Waals surface area contributed by atoms with E-state index >= 15 is 0 Å². The van der Waals surface area contributed by atoms with Gasteiger partial charge in [0.05, 0.1) is 12.3 Å². The third-order valence-electron chi connectivity index (χ3n) is 3.89. The standard InChI is InChI=1S/C17H16N8O2/c18-7-11-13(20)12-14(9-2-1-3-10(6-9)27-5-4-26)23-17(22-8-19)25-16(12)24-15(11)21/h1-3,6,14,26H,4-5H2,(H6,20,21,22,23,24,25). The Hall–Kier alpha value is -4.02. The first-order valence-corrected chi connectivity index (χ1v) is 7.91. The lowest BCUT2D eigenvalue weighted by Gasteiger charge is -2.26. The number of guanidine groups is 1. The average molecular weight is 364 g/mol. The van der Waals surface area contributed by atoms with Crippen LogP contribution in [-0.2, 0) is 0 Å². The summed E-state index contributed by atoms with van der Waals surface area (Å²) in [5.74, 6) is 1.00. The van der Waals surface area contributed by atoms with Crippen molar-refractivity contribution in [3.8, 4) is 18.0 Å². The first-order valence-electron chi connectivity index (χ1n) is 7.91. The molecule has 0 aliphatic carbocycles. The summed E-state index contributed by atoms with van der Waals surface area (Å²) >= 11 is 0. The van der Waals surface area contributed by atoms with Crippen LogP contribution in [0.15, 0.2) is 29.3 Å². The zero-order valence-electron chi connectivity index (χ0n) is 14.1. The van der Waals surface area contributed by atoms with Crippen LogP contribution in [0.25, 0.3) is 0 Å². The van der Waals surface area contributed by atoms with Gasteiger partial charge in [0.2, 0.25) is 5.96 Å². The van der Waals surface area contributed by atoms with E-state index in [1.807, 2.05) is 6.07 Å². The number of benzene rings is 1. The van der Waals surface area contributed by atoms with Crippen LogP contribution < -0.4 is 26.8 Å². The smallest absolute Gasteiger partial charge is 0.211 e. The van der Waals surface area contributed by atoms with E-state index < -0.39 is 6.04 Å². The minimum atomic E-state index is -0.644. The fourth-order valence-corrected chi connectivity index (χ4v) is 2.76. The lowest BCUT2D eigenvalue weighted by molar-refractivity contribution is 0.201. The Kier molecular flexibility index (Phi) is 4.92. The number of nitriles is 2. The van der Waals surface area contributed by atoms with Crippen LogP contribution in [0.2, 0.25) is 0 Å². The second kappa shape index (κ2) is 7.47. The molecule has 27 heavy (non-hydrogen) atoms. The summed E-state index contributed by atoms with van der Waals surface area (Å²) in [4.78, 5) is 8.66. The minimum absolute atomic E-state index is 0.0155. The molecule has 0 saturated carbocycles. The Morgan fingerprint density at radius 3 is 2.85 bits per heavy atom. The highest BCUT2D eigenvalue weighted by Gasteiger charge is 2.29. The van der Waals surface area contributed by atoms with Crippen molar-refractivity contribution in [2.75, 3.05) is 30.0 Å². The topological polar surface area (TPSA) is 178 Å². The maximum Gasteiger partial charge on any atom is 0.211 e. The highest BCUT2D eigenvalue weighted by molar-refractivity contribution is 5.98. The van der Waals surface area contributed by atoms with Gasteiger partial charge in [0.15, 0.2) is 6.19 Å². The number of fused-ring (bicyclic) bond motifs is 1. The molecule has 1 atom stereocenters. The molecule has 2 aromatic rings. The Morgan fingerprint density at radius 1 is 1.33 bits per heavy atom. The second-order valence-electron chi connectivity index (χ2n) is 5.55. The van der Waals surface area contributed by atoms with Crippen molar-refractivity contribution in [1.82, 2.24) is 10.3 Å². The monoisotopic (exact) mass is 364 g/mol. The summed E-state index contributed by atoms with van der Waals surface area (Å²) in [6.45, 7) is 0.0338. The molecule has 0 saturated heterocycles. The molecule has 3 rings (SSSR count). The van der Waals surface area contributed by atoms with Gasteiger partial charge in [0.25, 0.3) is 0 Å². The highest BCUT2D eigenvalue weighted by atomic mass is 16.5. The molecule has 2 heterocycles. The summed E-state index contributed by atoms with van der Waals surface area (Å²) in [7, 11) is 0. The van der Waals surface area contributed by atoms with Crippen LogP contribution in [-0.4, -0.2) is 29.3 Å². The SMILES string of the molecule is N#CNC1=NC(c2cccc(OCCO)c2)c2c(nc(N)c(C#N)c2N)N1. The Bertz CT molecular complexity index is 990. The first-order chi connectivity index (χ1) is 13.1. The van der Waals surface area contributed by atoms with E-state index in [0.717, 1.165) is 0 Å². The summed E-state index contributed by atoms with van der Waals surface area (Å²) in [5, 5.41) is 32.5. The van der Waals surface area contributed by atoms with Crippen LogP contribution in [0.4, 0.5) is 17.3 Å². The summed E-state index contributed by atoms with van der Waals surface area (Å²) in [5.41, 5.74) is 13.4. The molecule has 1 aliphatic rings. The number of nitrogens with two attached hydrogens (primary N) is 2. The van der Waals surface area contributed by atoms with Crippen molar-refractivity contribution >= 4 is 23.3 Å². The van der Waals surface area contributed by atoms with Crippen LogP contribution >= 0.6 is 0 Å². The minimum Gasteiger partial charge on any atom is -0.491 e. The van der Waals surface area contributed by atoms with E-state index in [0.29, 0.717) is 22.7 Å². The van der Waals surface area contributed by atoms with Crippen molar-refractivity contribution in [3.05, 3.63) is 41.0 Å². The highest BCUT2D eigenvalue weighted by Crippen LogP contribution is 2.40. The molecule has 1 unspecified atom stereocenters. The van der Waals surface area contributed by atoms with Gasteiger partial charge in [-0.15, -0.1) is 0 Å². The van der Waals surface area contributed by atoms with E-state index in [9.17, 15) is 5.26 Å². The fourth-order valence-electron chi connectivity index (χ4n) is 2.76. The van der Waals surface area contributed by atoms with E-state index in [1.165, 1.54) is 0 Å². The Labute approximate surface area is 154 Å². The molecule has 10 heteroatoms. The number of nitrogens with one attached hydrogen (secondary N) is 2. The van der Waals surface area contributed by atoms with E-state index in [4.69, 9.17) is 26.6 Å². The summed E-state index contributed by atoms with van der Waals surface area (Å²) in [6, 6.07) is 8.36. The molecule has 0 radical (unpaired) electrons. The molecule has 1 aromatic heterocycles. The van der Waals surface area contributed by atoms with Gasteiger partial charge in [0, 0.05) is 5.56 Å². The number of hydrogen-bond donors (Lipinski definition) is 5. The molecule has 7 N–H and O–H groups in total. The zero-order valence-corrected chi connectivity index (χ0v) is 14.1. The molecule has 0 bridgehead atoms. The second-order valence-corrected chi connectivity index (χ2v) is 5.55. The Morgan fingerprint density at radius 2 is 2.15 bits per heavy atom. The molecule has 10 nitrogen and oxygen atoms in total. The average Bonchev–Trinajstić information content (AvgIpc) is 2.66. The summed E-state index contributed by atoms with van der Waals surface area (Å²) < 4.78 is 5.44. The van der Waals surface area contributed by atoms with Gasteiger partial charge in [-0.25, -0.2) is 9.98 Å². The van der Waals surface area contributed by atoms with Crippen LogP contribution in [0.1, 0.15) is 22.7 Å². The van der Waals surface area contributed by atoms with Crippen molar-refractivity contribution in [2.24, 2.45) is 4.99 Å². The molecular weight excluding hydrogens is 348 g/mol. The number of aliphatic hydroxyl groups is 1. The number of nitrogen functional groups attached to an aromatic ring is 2. The molecule has 136 valence electrons. The zero-order chi connectivity index (χ0) is 19.4. The van der Waals surface area contributed by atoms with E-state index in [-0.39, 0.29) is 36.2 Å². The van der Waals surface area contributed by atoms with Crippen molar-refractivity contribution in [2.45, 2.75) is 6.04 Å². The van der Waals surface area contributed by atoms with Gasteiger partial charge in [-0.3, -0.25) is 5.32 Å². The number of ether oxygens (including phenoxy) is 1. The lowest BCUT2D eigenvalue weighted by Crippen LogP contribution is -2.32. The third kappa shape index (κ3) is 3.38. The molecule has 0 amide bonds. The fraction of sp³-hybridized carbons (Fsp3) is 0.176. The number of aliphatic hydroxyl groups excluding tert-OH is 1. The number of anilines is 3. The van der Waals surface area contributed by atoms with Crippen molar-refractivity contribution in [3.63, 3.8) is 0 Å². The quantitative estimate of drug-likeness (QED) is 0.380. The van der Waals surface area contributed by atoms with Crippen LogP contribution in [0, 0.1) is 22.8 Å². The van der Waals surface area contributed by atoms with Gasteiger partial charge < -0.3 is 26.6 Å². The van der Waals surface area contributed by atoms with Gasteiger partial charge in [0.1, 0.15) is 41.7 Å². The first kappa shape index (κ1) is 17.8. The predicted molar refractivity (Wildman–Crippen MR) is 98.4 cm³/mol. The van der Waals surface area contributed by atoms with Gasteiger partial charge in [-0.2, -0.15) is 10.5 Å². The number of pyridine rings is 1. The van der Waals surface area contributed by atoms with Gasteiger partial charge >= 0.3 is 0 Å². The largest absolute Gasteiger partial charge is 0.491 e. The van der Waals surface area contributed by atoms with E-state index in [2.05, 4.69) is 20.6 Å². The van der Waals surface area contributed by atoms with Gasteiger partial charge in [-0.05, 0) is 17.7 Å². The number of aromatic nitrogens is 1. The molecule has 0 spiro atoms. The van der Waals surface area contributed by atoms with Gasteiger partial charge in [-0.1, -0.05) is 12.1 Å². The molecular formula is C17H16N8O2. The molecule has 1 aliphatic heterocycles. The van der Waals surface area contributed by atoms with Crippen molar-refractivity contribution in [1.29, 1.82) is 10.5 Å². The number of aliphatic imine (C=N–C) groups is 1. The predicted octanol–water partition coefficient (Wildman–Crippen LogP) is 0.430. The van der Waals surface area contributed by atoms with E-state index in [1.54, 1.807) is 30.5 Å². The van der Waals surface area contributed by atoms with Crippen LogP contribution in [0.3, 0.4) is 0 Å². The third-order valence-corrected chi connectivity index (χ3v) is 3.89. The van der Waals surface area contributed by atoms with Crippen molar-refractivity contribution < 1.29 is 9.84 Å².